The highest BCUT2D eigenvalue weighted by molar-refractivity contribution is 7.89. The Morgan fingerprint density at radius 3 is 2.59 bits per heavy atom. The predicted molar refractivity (Wildman–Crippen MR) is 107 cm³/mol. The summed E-state index contributed by atoms with van der Waals surface area (Å²) in [4.78, 5) is 12.6. The number of para-hydroxylation sites is 1. The molecule has 1 fully saturated rings. The fourth-order valence-electron chi connectivity index (χ4n) is 3.70. The van der Waals surface area contributed by atoms with E-state index in [4.69, 9.17) is 9.26 Å². The number of methoxy groups -OCH3 is 1. The second kappa shape index (κ2) is 8.96. The van der Waals surface area contributed by atoms with E-state index in [-0.39, 0.29) is 16.7 Å². The second-order valence-electron chi connectivity index (χ2n) is 7.18. The number of piperidine rings is 1. The van der Waals surface area contributed by atoms with Crippen LogP contribution < -0.4 is 10.1 Å². The first-order valence-electron chi connectivity index (χ1n) is 9.67. The number of carbonyl (C=O) groups excluding carboxylic acids is 1. The molecular formula is C20H27N3O5S. The Labute approximate surface area is 171 Å². The van der Waals surface area contributed by atoms with E-state index in [2.05, 4.69) is 10.5 Å². The summed E-state index contributed by atoms with van der Waals surface area (Å²) < 4.78 is 37.5. The average molecular weight is 422 g/mol. The Morgan fingerprint density at radius 1 is 1.28 bits per heavy atom. The number of sulfonamides is 1. The van der Waals surface area contributed by atoms with Gasteiger partial charge in [-0.1, -0.05) is 23.4 Å². The molecule has 1 amide bonds. The Bertz CT molecular complexity index is 943. The Kier molecular flexibility index (Phi) is 6.59. The normalized spacial score (nSPS) is 16.0. The largest absolute Gasteiger partial charge is 0.496 e. The fourth-order valence-corrected chi connectivity index (χ4v) is 5.47. The number of nitrogens with zero attached hydrogens (tertiary/aromatic N) is 2. The lowest BCUT2D eigenvalue weighted by Crippen LogP contribution is -2.43. The van der Waals surface area contributed by atoms with Crippen molar-refractivity contribution in [1.82, 2.24) is 14.8 Å². The van der Waals surface area contributed by atoms with E-state index in [0.717, 1.165) is 11.3 Å². The molecule has 2 aromatic rings. The predicted octanol–water partition coefficient (Wildman–Crippen LogP) is 2.06. The smallest absolute Gasteiger partial charge is 0.248 e. The van der Waals surface area contributed by atoms with Gasteiger partial charge in [-0.25, -0.2) is 8.42 Å². The first-order chi connectivity index (χ1) is 13.8. The SMILES string of the molecule is COc1ccccc1CCNC(=O)C1CCN(S(=O)(=O)c2c(C)noc2C)CC1. The van der Waals surface area contributed by atoms with Crippen molar-refractivity contribution in [2.75, 3.05) is 26.7 Å². The van der Waals surface area contributed by atoms with E-state index in [1.165, 1.54) is 4.31 Å². The van der Waals surface area contributed by atoms with Crippen molar-refractivity contribution in [2.24, 2.45) is 5.92 Å². The lowest BCUT2D eigenvalue weighted by Gasteiger charge is -2.30. The van der Waals surface area contributed by atoms with Gasteiger partial charge in [0, 0.05) is 25.6 Å². The van der Waals surface area contributed by atoms with E-state index >= 15 is 0 Å². The Balaban J connectivity index is 1.52. The number of amides is 1. The van der Waals surface area contributed by atoms with Crippen LogP contribution in [-0.4, -0.2) is 50.5 Å². The van der Waals surface area contributed by atoms with Crippen molar-refractivity contribution in [1.29, 1.82) is 0 Å². The van der Waals surface area contributed by atoms with Gasteiger partial charge in [0.15, 0.2) is 5.76 Å². The minimum atomic E-state index is -3.66. The molecule has 0 radical (unpaired) electrons. The van der Waals surface area contributed by atoms with E-state index in [0.29, 0.717) is 50.4 Å². The summed E-state index contributed by atoms with van der Waals surface area (Å²) in [6.45, 7) is 4.32. The number of ether oxygens (including phenoxy) is 1. The lowest BCUT2D eigenvalue weighted by atomic mass is 9.97. The van der Waals surface area contributed by atoms with Crippen LogP contribution in [0.3, 0.4) is 0 Å². The van der Waals surface area contributed by atoms with Crippen molar-refractivity contribution in [2.45, 2.75) is 38.0 Å². The van der Waals surface area contributed by atoms with Crippen LogP contribution in [0.4, 0.5) is 0 Å². The summed E-state index contributed by atoms with van der Waals surface area (Å²) in [5.41, 5.74) is 1.40. The third-order valence-corrected chi connectivity index (χ3v) is 7.42. The molecular weight excluding hydrogens is 394 g/mol. The Morgan fingerprint density at radius 2 is 1.97 bits per heavy atom. The zero-order valence-corrected chi connectivity index (χ0v) is 17.8. The molecule has 8 nitrogen and oxygen atoms in total. The molecule has 2 heterocycles. The minimum Gasteiger partial charge on any atom is -0.496 e. The summed E-state index contributed by atoms with van der Waals surface area (Å²) >= 11 is 0. The maximum atomic E-state index is 12.9. The van der Waals surface area contributed by atoms with Crippen molar-refractivity contribution in [3.8, 4) is 5.75 Å². The average Bonchev–Trinajstić information content (AvgIpc) is 3.07. The number of benzene rings is 1. The topological polar surface area (TPSA) is 102 Å². The van der Waals surface area contributed by atoms with E-state index in [1.54, 1.807) is 21.0 Å². The Hall–Kier alpha value is -2.39. The first kappa shape index (κ1) is 21.3. The molecule has 1 aliphatic heterocycles. The first-order valence-corrected chi connectivity index (χ1v) is 11.1. The molecule has 9 heteroatoms. The standard InChI is InChI=1S/C20H27N3O5S/c1-14-19(15(2)28-22-14)29(25,26)23-12-9-17(10-13-23)20(24)21-11-8-16-6-4-5-7-18(16)27-3/h4-7,17H,8-13H2,1-3H3,(H,21,24). The summed E-state index contributed by atoms with van der Waals surface area (Å²) in [6.07, 6.45) is 1.65. The quantitative estimate of drug-likeness (QED) is 0.734. The van der Waals surface area contributed by atoms with Gasteiger partial charge in [0.2, 0.25) is 15.9 Å². The van der Waals surface area contributed by atoms with Crippen LogP contribution in [0.1, 0.15) is 29.9 Å². The van der Waals surface area contributed by atoms with Gasteiger partial charge in [-0.05, 0) is 44.7 Å². The minimum absolute atomic E-state index is 0.0331. The van der Waals surface area contributed by atoms with Crippen LogP contribution in [0.15, 0.2) is 33.7 Å². The molecule has 3 rings (SSSR count). The molecule has 0 unspecified atom stereocenters. The van der Waals surface area contributed by atoms with Crippen LogP contribution in [0.2, 0.25) is 0 Å². The molecule has 158 valence electrons. The van der Waals surface area contributed by atoms with E-state index < -0.39 is 10.0 Å². The molecule has 0 spiro atoms. The van der Waals surface area contributed by atoms with Gasteiger partial charge in [-0.2, -0.15) is 4.31 Å². The highest BCUT2D eigenvalue weighted by Gasteiger charge is 2.35. The van der Waals surface area contributed by atoms with Crippen LogP contribution in [0, 0.1) is 19.8 Å². The summed E-state index contributed by atoms with van der Waals surface area (Å²) in [5, 5.41) is 6.70. The van der Waals surface area contributed by atoms with Crippen molar-refractivity contribution in [3.63, 3.8) is 0 Å². The van der Waals surface area contributed by atoms with Gasteiger partial charge in [0.1, 0.15) is 16.3 Å². The number of aromatic nitrogens is 1. The summed E-state index contributed by atoms with van der Waals surface area (Å²) in [5.74, 6) is 0.872. The van der Waals surface area contributed by atoms with Crippen molar-refractivity contribution < 1.29 is 22.5 Å². The number of hydrogen-bond acceptors (Lipinski definition) is 6. The van der Waals surface area contributed by atoms with Crippen LogP contribution in [0.25, 0.3) is 0 Å². The second-order valence-corrected chi connectivity index (χ2v) is 9.06. The molecule has 0 bridgehead atoms. The van der Waals surface area contributed by atoms with E-state index in [1.807, 2.05) is 24.3 Å². The van der Waals surface area contributed by atoms with Crippen molar-refractivity contribution in [3.05, 3.63) is 41.3 Å². The summed E-state index contributed by atoms with van der Waals surface area (Å²) in [6, 6.07) is 7.72. The van der Waals surface area contributed by atoms with Crippen LogP contribution in [0.5, 0.6) is 5.75 Å². The van der Waals surface area contributed by atoms with Gasteiger partial charge in [-0.15, -0.1) is 0 Å². The molecule has 29 heavy (non-hydrogen) atoms. The van der Waals surface area contributed by atoms with Gasteiger partial charge >= 0.3 is 0 Å². The van der Waals surface area contributed by atoms with Gasteiger partial charge in [0.05, 0.1) is 7.11 Å². The molecule has 0 aliphatic carbocycles. The lowest BCUT2D eigenvalue weighted by molar-refractivity contribution is -0.126. The van der Waals surface area contributed by atoms with Crippen LogP contribution in [-0.2, 0) is 21.2 Å². The van der Waals surface area contributed by atoms with Crippen LogP contribution >= 0.6 is 0 Å². The number of nitrogens with one attached hydrogen (secondary N) is 1. The number of carbonyl (C=O) groups is 1. The highest BCUT2D eigenvalue weighted by atomic mass is 32.2. The third kappa shape index (κ3) is 4.62. The maximum absolute atomic E-state index is 12.9. The fraction of sp³-hybridized carbons (Fsp3) is 0.500. The number of rotatable bonds is 7. The molecule has 1 aliphatic rings. The van der Waals surface area contributed by atoms with Crippen molar-refractivity contribution >= 4 is 15.9 Å². The molecule has 0 atom stereocenters. The molecule has 1 aromatic carbocycles. The van der Waals surface area contributed by atoms with Gasteiger partial charge in [0.25, 0.3) is 0 Å². The molecule has 1 N–H and O–H groups in total. The summed E-state index contributed by atoms with van der Waals surface area (Å²) in [7, 11) is -2.03. The van der Waals surface area contributed by atoms with E-state index in [9.17, 15) is 13.2 Å². The number of aryl methyl sites for hydroxylation is 2. The third-order valence-electron chi connectivity index (χ3n) is 5.28. The highest BCUT2D eigenvalue weighted by Crippen LogP contribution is 2.27. The zero-order valence-electron chi connectivity index (χ0n) is 17.0. The molecule has 0 saturated carbocycles. The number of hydrogen-bond donors (Lipinski definition) is 1. The molecule has 1 aromatic heterocycles. The molecule has 1 saturated heterocycles. The maximum Gasteiger partial charge on any atom is 0.248 e. The van der Waals surface area contributed by atoms with Gasteiger partial charge in [-0.3, -0.25) is 4.79 Å². The zero-order chi connectivity index (χ0) is 21.0. The monoisotopic (exact) mass is 421 g/mol. The van der Waals surface area contributed by atoms with Gasteiger partial charge < -0.3 is 14.6 Å².